The van der Waals surface area contributed by atoms with Gasteiger partial charge in [-0.25, -0.2) is 0 Å². The van der Waals surface area contributed by atoms with Crippen LogP contribution in [-0.2, 0) is 6.54 Å². The summed E-state index contributed by atoms with van der Waals surface area (Å²) in [6.07, 6.45) is 3.75. The minimum Gasteiger partial charge on any atom is -0.497 e. The van der Waals surface area contributed by atoms with Gasteiger partial charge in [-0.05, 0) is 117 Å². The number of benzene rings is 4. The fourth-order valence-corrected chi connectivity index (χ4v) is 5.93. The molecule has 0 saturated carbocycles. The molecule has 4 nitrogen and oxygen atoms in total. The maximum Gasteiger partial charge on any atom is 0.255 e. The molecule has 1 fully saturated rings. The third-order valence-electron chi connectivity index (χ3n) is 8.11. The Morgan fingerprint density at radius 1 is 0.789 bits per heavy atom. The molecule has 1 heterocycles. The van der Waals surface area contributed by atoms with E-state index in [1.54, 1.807) is 7.11 Å². The molecule has 0 aromatic heterocycles. The van der Waals surface area contributed by atoms with Gasteiger partial charge in [0.15, 0.2) is 0 Å². The minimum atomic E-state index is -0.114. The number of amides is 1. The van der Waals surface area contributed by atoms with Crippen LogP contribution in [0.5, 0.6) is 5.75 Å². The second-order valence-corrected chi connectivity index (χ2v) is 11.7. The number of rotatable bonds is 6. The van der Waals surface area contributed by atoms with Gasteiger partial charge >= 0.3 is 0 Å². The first kappa shape index (κ1) is 26.0. The average molecular weight is 507 g/mol. The van der Waals surface area contributed by atoms with E-state index in [1.807, 2.05) is 54.6 Å². The van der Waals surface area contributed by atoms with Crippen molar-refractivity contribution < 1.29 is 9.53 Å². The van der Waals surface area contributed by atoms with E-state index >= 15 is 0 Å². The topological polar surface area (TPSA) is 41.6 Å². The van der Waals surface area contributed by atoms with Gasteiger partial charge in [-0.3, -0.25) is 9.69 Å². The van der Waals surface area contributed by atoms with Gasteiger partial charge in [0.05, 0.1) is 7.11 Å². The van der Waals surface area contributed by atoms with E-state index in [2.05, 4.69) is 68.2 Å². The highest BCUT2D eigenvalue weighted by Gasteiger charge is 2.40. The SMILES string of the molecule is COc1ccc(-c2ccc(C(=O)Nc3ccc4cc(CN5C(C)(C)CCCC5(C)C)ccc4c3)cc2)cc1. The molecule has 0 bridgehead atoms. The third kappa shape index (κ3) is 5.46. The number of methoxy groups -OCH3 is 1. The van der Waals surface area contributed by atoms with Crippen LogP contribution in [0.15, 0.2) is 84.9 Å². The highest BCUT2D eigenvalue weighted by molar-refractivity contribution is 6.05. The molecule has 0 unspecified atom stereocenters. The van der Waals surface area contributed by atoms with Crippen molar-refractivity contribution in [3.05, 3.63) is 96.1 Å². The number of carbonyl (C=O) groups excluding carboxylic acids is 1. The molecule has 0 spiro atoms. The van der Waals surface area contributed by atoms with Crippen molar-refractivity contribution in [1.29, 1.82) is 0 Å². The maximum absolute atomic E-state index is 12.9. The molecule has 0 radical (unpaired) electrons. The highest BCUT2D eigenvalue weighted by Crippen LogP contribution is 2.39. The molecule has 5 rings (SSSR count). The molecule has 196 valence electrons. The van der Waals surface area contributed by atoms with Gasteiger partial charge in [0.1, 0.15) is 5.75 Å². The van der Waals surface area contributed by atoms with Crippen molar-refractivity contribution in [2.45, 2.75) is 64.6 Å². The first-order valence-electron chi connectivity index (χ1n) is 13.5. The van der Waals surface area contributed by atoms with Gasteiger partial charge < -0.3 is 10.1 Å². The fourth-order valence-electron chi connectivity index (χ4n) is 5.93. The van der Waals surface area contributed by atoms with E-state index < -0.39 is 0 Å². The van der Waals surface area contributed by atoms with Crippen LogP contribution >= 0.6 is 0 Å². The van der Waals surface area contributed by atoms with Gasteiger partial charge in [-0.1, -0.05) is 42.5 Å². The molecule has 1 N–H and O–H groups in total. The van der Waals surface area contributed by atoms with E-state index in [4.69, 9.17) is 4.74 Å². The number of hydrogen-bond acceptors (Lipinski definition) is 3. The number of ether oxygens (including phenoxy) is 1. The summed E-state index contributed by atoms with van der Waals surface area (Å²) in [6, 6.07) is 28.4. The van der Waals surface area contributed by atoms with Crippen LogP contribution < -0.4 is 10.1 Å². The van der Waals surface area contributed by atoms with E-state index in [1.165, 1.54) is 30.2 Å². The van der Waals surface area contributed by atoms with Crippen LogP contribution in [0, 0.1) is 0 Å². The number of nitrogens with one attached hydrogen (secondary N) is 1. The van der Waals surface area contributed by atoms with Crippen LogP contribution in [0.1, 0.15) is 62.9 Å². The Morgan fingerprint density at radius 2 is 1.37 bits per heavy atom. The molecule has 0 atom stereocenters. The van der Waals surface area contributed by atoms with E-state index in [0.29, 0.717) is 5.56 Å². The summed E-state index contributed by atoms with van der Waals surface area (Å²) in [5.41, 5.74) is 5.28. The summed E-state index contributed by atoms with van der Waals surface area (Å²) in [6.45, 7) is 10.4. The van der Waals surface area contributed by atoms with Crippen molar-refractivity contribution in [3.8, 4) is 16.9 Å². The molecule has 1 saturated heterocycles. The standard InChI is InChI=1S/C34H38N2O2/c1-33(2)19-6-20-34(3,4)36(33)23-24-7-8-29-22-30(16-13-28(29)21-24)35-32(37)27-11-9-25(10-12-27)26-14-17-31(38-5)18-15-26/h7-18,21-22H,6,19-20,23H2,1-5H3,(H,35,37). The Kier molecular flexibility index (Phi) is 7.02. The van der Waals surface area contributed by atoms with Gasteiger partial charge in [0.2, 0.25) is 0 Å². The maximum atomic E-state index is 12.9. The molecule has 38 heavy (non-hydrogen) atoms. The van der Waals surface area contributed by atoms with Crippen molar-refractivity contribution in [2.75, 3.05) is 12.4 Å². The molecular weight excluding hydrogens is 468 g/mol. The third-order valence-corrected chi connectivity index (χ3v) is 8.11. The molecule has 4 aromatic carbocycles. The summed E-state index contributed by atoms with van der Waals surface area (Å²) < 4.78 is 5.24. The zero-order valence-corrected chi connectivity index (χ0v) is 23.2. The predicted molar refractivity (Wildman–Crippen MR) is 158 cm³/mol. The van der Waals surface area contributed by atoms with Crippen molar-refractivity contribution in [1.82, 2.24) is 4.90 Å². The Hall–Kier alpha value is -3.63. The predicted octanol–water partition coefficient (Wildman–Crippen LogP) is 8.31. The quantitative estimate of drug-likeness (QED) is 0.286. The fraction of sp³-hybridized carbons (Fsp3) is 0.324. The first-order valence-corrected chi connectivity index (χ1v) is 13.5. The minimum absolute atomic E-state index is 0.114. The summed E-state index contributed by atoms with van der Waals surface area (Å²) in [5.74, 6) is 0.711. The summed E-state index contributed by atoms with van der Waals surface area (Å²) >= 11 is 0. The van der Waals surface area contributed by atoms with E-state index in [-0.39, 0.29) is 17.0 Å². The molecule has 4 heteroatoms. The second kappa shape index (κ2) is 10.3. The largest absolute Gasteiger partial charge is 0.497 e. The lowest BCUT2D eigenvalue weighted by Crippen LogP contribution is -2.57. The number of fused-ring (bicyclic) bond motifs is 1. The van der Waals surface area contributed by atoms with E-state index in [0.717, 1.165) is 34.5 Å². The number of hydrogen-bond donors (Lipinski definition) is 1. The number of carbonyl (C=O) groups is 1. The van der Waals surface area contributed by atoms with Crippen LogP contribution in [-0.4, -0.2) is 29.0 Å². The molecule has 0 aliphatic carbocycles. The number of piperidine rings is 1. The Bertz CT molecular complexity index is 1420. The van der Waals surface area contributed by atoms with Gasteiger partial charge in [-0.15, -0.1) is 0 Å². The summed E-state index contributed by atoms with van der Waals surface area (Å²) in [5, 5.41) is 5.38. The number of nitrogens with zero attached hydrogens (tertiary/aromatic N) is 1. The molecule has 1 aliphatic rings. The molecule has 1 aliphatic heterocycles. The van der Waals surface area contributed by atoms with Crippen molar-refractivity contribution in [2.24, 2.45) is 0 Å². The summed E-state index contributed by atoms with van der Waals surface area (Å²) in [4.78, 5) is 15.6. The van der Waals surface area contributed by atoms with Gasteiger partial charge in [0, 0.05) is 28.9 Å². The van der Waals surface area contributed by atoms with E-state index in [9.17, 15) is 4.79 Å². The Labute approximate surface area is 226 Å². The Balaban J connectivity index is 1.28. The highest BCUT2D eigenvalue weighted by atomic mass is 16.5. The lowest BCUT2D eigenvalue weighted by atomic mass is 9.79. The lowest BCUT2D eigenvalue weighted by molar-refractivity contribution is -0.0340. The number of anilines is 1. The van der Waals surface area contributed by atoms with Crippen LogP contribution in [0.3, 0.4) is 0 Å². The molecule has 4 aromatic rings. The first-order chi connectivity index (χ1) is 18.1. The Morgan fingerprint density at radius 3 is 2.00 bits per heavy atom. The monoisotopic (exact) mass is 506 g/mol. The smallest absolute Gasteiger partial charge is 0.255 e. The van der Waals surface area contributed by atoms with Crippen molar-refractivity contribution >= 4 is 22.4 Å². The second-order valence-electron chi connectivity index (χ2n) is 11.7. The molecular formula is C34H38N2O2. The zero-order valence-electron chi connectivity index (χ0n) is 23.2. The average Bonchev–Trinajstić information content (AvgIpc) is 2.90. The molecule has 1 amide bonds. The number of likely N-dealkylation sites (tertiary alicyclic amines) is 1. The van der Waals surface area contributed by atoms with Crippen LogP contribution in [0.4, 0.5) is 5.69 Å². The van der Waals surface area contributed by atoms with Crippen molar-refractivity contribution in [3.63, 3.8) is 0 Å². The normalized spacial score (nSPS) is 16.8. The van der Waals surface area contributed by atoms with Crippen LogP contribution in [0.2, 0.25) is 0 Å². The lowest BCUT2D eigenvalue weighted by Gasteiger charge is -2.53. The summed E-state index contributed by atoms with van der Waals surface area (Å²) in [7, 11) is 1.66. The zero-order chi connectivity index (χ0) is 26.9. The van der Waals surface area contributed by atoms with Gasteiger partial charge in [0.25, 0.3) is 5.91 Å². The van der Waals surface area contributed by atoms with Gasteiger partial charge in [-0.2, -0.15) is 0 Å². The van der Waals surface area contributed by atoms with Crippen LogP contribution in [0.25, 0.3) is 21.9 Å².